The van der Waals surface area contributed by atoms with Crippen LogP contribution in [0.2, 0.25) is 0 Å². The number of likely N-dealkylation sites (N-methyl/N-ethyl adjacent to an activating group) is 1. The number of nitrogens with two attached hydrogens (primary N) is 4. The molecule has 0 saturated heterocycles. The average Bonchev–Trinajstić information content (AvgIpc) is 1.51. The highest BCUT2D eigenvalue weighted by atomic mass is 16.5. The molecule has 146 heavy (non-hydrogen) atoms. The molecule has 0 unspecified atom stereocenters. The van der Waals surface area contributed by atoms with E-state index in [0.29, 0.717) is 47.5 Å². The standard InChI is InChI=1S/C24H25N7O2.C22H19N7O.2C20H19N7O.C19H17N7O/c1-31(11-12-32)20-8-5-17(13-26-20)21-29-22(30-33-21)24(9-2-10-24)19-6-3-16(4-7-19)18-14-27-23(25)28-15-18;1-29-13-15(11-25-29)20-27-21(28-30-20)22(8-2-9-22)16-5-3-14(4-6-16)18-12-24-19-17(26-18)7-10-23-19;1-27-12-15(11-24-27)17-25-18(26-28-17)20(7-2-8-20)16-5-3-13(4-6-16)14-9-22-19(21)23-10-14;1-27-11-16(24-12-27)17-25-18(26-28-17)20(7-2-8-20)15-5-3-13(4-6-15)14-9-22-19(21)23-10-14;20-18-21-8-13(9-22-18)12-2-4-15(5-3-12)19(6-1-7-19)17-25-16(27-26-17)14-10-23-24-11-14/h3-8,13-15,32H,2,9-12H2,1H3,(H2,25,27,28);3-7,10-13H,2,8-9H2,1H3,(H,23,24);2*3-6,9-12H,2,7-8H2,1H3,(H2,21,22,23);2-5,8-11H,1,6-7H2,(H,23,24)(H2,20,21,22). The van der Waals surface area contributed by atoms with Crippen LogP contribution in [0.25, 0.3) is 124 Å². The number of aromatic nitrogens is 30. The highest BCUT2D eigenvalue weighted by Gasteiger charge is 2.50. The van der Waals surface area contributed by atoms with Gasteiger partial charge in [0.15, 0.2) is 34.8 Å². The topological polar surface area (TPSA) is 562 Å². The molecule has 41 heteroatoms. The van der Waals surface area contributed by atoms with Crippen LogP contribution < -0.4 is 27.8 Å². The predicted molar refractivity (Wildman–Crippen MR) is 539 cm³/mol. The quantitative estimate of drug-likeness (QED) is 0.0313. The number of aromatic amines is 2. The highest BCUT2D eigenvalue weighted by molar-refractivity contribution is 5.75. The van der Waals surface area contributed by atoms with Gasteiger partial charge in [0.2, 0.25) is 23.8 Å². The summed E-state index contributed by atoms with van der Waals surface area (Å²) >= 11 is 0. The molecule has 0 aliphatic heterocycles. The van der Waals surface area contributed by atoms with Gasteiger partial charge in [-0.15, -0.1) is 0 Å². The number of rotatable bonds is 23. The number of fused-ring (bicyclic) bond motifs is 1. The van der Waals surface area contributed by atoms with E-state index in [1.807, 2.05) is 80.6 Å². The van der Waals surface area contributed by atoms with Crippen molar-refractivity contribution in [2.75, 3.05) is 48.0 Å². The van der Waals surface area contributed by atoms with Crippen LogP contribution in [0.1, 0.15) is 153 Å². The van der Waals surface area contributed by atoms with Crippen molar-refractivity contribution in [3.05, 3.63) is 314 Å². The number of nitrogens with zero attached hydrogens (tertiary/aromatic N) is 29. The number of imidazole rings is 1. The first-order valence-corrected chi connectivity index (χ1v) is 47.9. The Kier molecular flexibility index (Phi) is 24.9. The van der Waals surface area contributed by atoms with Crippen molar-refractivity contribution >= 4 is 40.8 Å². The van der Waals surface area contributed by atoms with E-state index in [2.05, 4.69) is 247 Å². The molecule has 0 amide bonds. The van der Waals surface area contributed by atoms with E-state index in [4.69, 9.17) is 60.6 Å². The third-order valence-electron chi connectivity index (χ3n) is 28.5. The lowest BCUT2D eigenvalue weighted by molar-refractivity contribution is 0.273. The van der Waals surface area contributed by atoms with Crippen LogP contribution >= 0.6 is 0 Å². The van der Waals surface area contributed by atoms with Gasteiger partial charge in [0.1, 0.15) is 17.0 Å². The Morgan fingerprint density at radius 3 is 0.973 bits per heavy atom. The van der Waals surface area contributed by atoms with Gasteiger partial charge in [0.05, 0.1) is 92.7 Å². The zero-order chi connectivity index (χ0) is 99.5. The number of pyridine rings is 1. The second-order valence-corrected chi connectivity index (χ2v) is 37.2. The Morgan fingerprint density at radius 1 is 0.329 bits per heavy atom. The molecule has 0 atom stereocenters. The fourth-order valence-electron chi connectivity index (χ4n) is 19.3. The van der Waals surface area contributed by atoms with Gasteiger partial charge in [-0.3, -0.25) is 14.5 Å². The highest BCUT2D eigenvalue weighted by Crippen LogP contribution is 2.54. The molecule has 21 aromatic rings. The Bertz CT molecular complexity index is 7830. The van der Waals surface area contributed by atoms with Gasteiger partial charge in [-0.25, -0.2) is 59.8 Å². The van der Waals surface area contributed by atoms with Crippen molar-refractivity contribution in [2.24, 2.45) is 21.1 Å². The van der Waals surface area contributed by atoms with Crippen LogP contribution in [0.15, 0.2) is 280 Å². The summed E-state index contributed by atoms with van der Waals surface area (Å²) in [7, 11) is 7.53. The number of anilines is 5. The molecule has 16 aromatic heterocycles. The predicted octanol–water partition coefficient (Wildman–Crippen LogP) is 15.9. The van der Waals surface area contributed by atoms with Gasteiger partial charge < -0.3 is 65.1 Å². The first-order valence-electron chi connectivity index (χ1n) is 47.9. The van der Waals surface area contributed by atoms with Crippen LogP contribution in [0, 0.1) is 0 Å². The van der Waals surface area contributed by atoms with E-state index in [9.17, 15) is 0 Å². The molecule has 16 heterocycles. The minimum atomic E-state index is -0.243. The molecule has 5 aromatic carbocycles. The third kappa shape index (κ3) is 18.3. The first kappa shape index (κ1) is 92.7. The maximum Gasteiger partial charge on any atom is 0.278 e. The van der Waals surface area contributed by atoms with Crippen LogP contribution in [-0.4, -0.2) is 175 Å². The Hall–Kier alpha value is -18.3. The zero-order valence-corrected chi connectivity index (χ0v) is 80.0. The summed E-state index contributed by atoms with van der Waals surface area (Å²) in [5.41, 5.74) is 42.5. The van der Waals surface area contributed by atoms with Gasteiger partial charge in [-0.1, -0.05) is 179 Å². The van der Waals surface area contributed by atoms with Crippen LogP contribution in [0.4, 0.5) is 29.6 Å². The number of nitrogen functional groups attached to an aromatic ring is 4. The second kappa shape index (κ2) is 39.3. The molecule has 730 valence electrons. The summed E-state index contributed by atoms with van der Waals surface area (Å²) in [6.07, 6.45) is 49.1. The van der Waals surface area contributed by atoms with Gasteiger partial charge in [-0.05, 0) is 132 Å². The minimum Gasteiger partial charge on any atom is -0.395 e. The monoisotopic (exact) mass is 1950 g/mol. The molecular formula is C105H99N35O6. The smallest absolute Gasteiger partial charge is 0.278 e. The summed E-state index contributed by atoms with van der Waals surface area (Å²) in [6, 6.07) is 47.8. The molecule has 0 spiro atoms. The number of hydrogen-bond donors (Lipinski definition) is 7. The van der Waals surface area contributed by atoms with E-state index in [0.717, 1.165) is 215 Å². The number of aryl methyl sites for hydroxylation is 3. The molecule has 5 aliphatic carbocycles. The second-order valence-electron chi connectivity index (χ2n) is 37.2. The minimum absolute atomic E-state index is 0.0732. The lowest BCUT2D eigenvalue weighted by Gasteiger charge is -2.39. The summed E-state index contributed by atoms with van der Waals surface area (Å²) in [4.78, 5) is 78.8. The molecule has 11 N–H and O–H groups in total. The fourth-order valence-corrected chi connectivity index (χ4v) is 19.3. The van der Waals surface area contributed by atoms with E-state index in [-0.39, 0.29) is 57.5 Å². The van der Waals surface area contributed by atoms with Gasteiger partial charge in [0.25, 0.3) is 29.5 Å². The largest absolute Gasteiger partial charge is 0.395 e. The summed E-state index contributed by atoms with van der Waals surface area (Å²) < 4.78 is 33.0. The number of aliphatic hydroxyl groups is 1. The Morgan fingerprint density at radius 2 is 0.664 bits per heavy atom. The lowest BCUT2D eigenvalue weighted by Crippen LogP contribution is -2.36. The van der Waals surface area contributed by atoms with Crippen molar-refractivity contribution < 1.29 is 27.7 Å². The number of benzene rings is 5. The van der Waals surface area contributed by atoms with Crippen molar-refractivity contribution in [3.63, 3.8) is 0 Å². The third-order valence-corrected chi connectivity index (χ3v) is 28.5. The normalized spacial score (nSPS) is 15.2. The van der Waals surface area contributed by atoms with Gasteiger partial charge >= 0.3 is 0 Å². The summed E-state index contributed by atoms with van der Waals surface area (Å²) in [6.45, 7) is 0.591. The van der Waals surface area contributed by atoms with Crippen molar-refractivity contribution in [2.45, 2.75) is 123 Å². The molecule has 0 radical (unpaired) electrons. The maximum atomic E-state index is 9.10. The molecular weight excluding hydrogens is 1850 g/mol. The number of H-pyrrole nitrogens is 2. The molecule has 0 bridgehead atoms. The van der Waals surface area contributed by atoms with Gasteiger partial charge in [-0.2, -0.15) is 40.2 Å². The van der Waals surface area contributed by atoms with E-state index in [1.165, 1.54) is 27.8 Å². The van der Waals surface area contributed by atoms with E-state index < -0.39 is 0 Å². The molecule has 5 aliphatic rings. The zero-order valence-electron chi connectivity index (χ0n) is 80.0. The van der Waals surface area contributed by atoms with Crippen LogP contribution in [-0.2, 0) is 48.2 Å². The van der Waals surface area contributed by atoms with Crippen molar-refractivity contribution in [3.8, 4) is 113 Å². The van der Waals surface area contributed by atoms with Crippen molar-refractivity contribution in [1.29, 1.82) is 0 Å². The Labute approximate surface area is 833 Å². The average molecular weight is 1950 g/mol. The van der Waals surface area contributed by atoms with Crippen LogP contribution in [0.5, 0.6) is 0 Å². The number of aliphatic hydroxyl groups excluding tert-OH is 1. The summed E-state index contributed by atoms with van der Waals surface area (Å²) in [5, 5.41) is 45.7. The van der Waals surface area contributed by atoms with Gasteiger partial charge in [0, 0.05) is 149 Å². The lowest BCUT2D eigenvalue weighted by atomic mass is 9.64. The molecule has 26 rings (SSSR count). The maximum absolute atomic E-state index is 9.10. The summed E-state index contributed by atoms with van der Waals surface area (Å²) in [5.74, 6) is 7.91. The molecule has 41 nitrogen and oxygen atoms in total. The first-order chi connectivity index (χ1) is 71.3. The van der Waals surface area contributed by atoms with E-state index in [1.54, 1.807) is 102 Å². The SMILES string of the molecule is CN(CCO)c1ccc(-c2nc(C3(c4ccc(-c5cnc(N)nc5)cc4)CCC3)no2)cn1.Cn1cc(-c2nc(C3(c4ccc(-c5cnc(N)nc5)cc4)CCC3)no2)cn1.Cn1cc(-c2nc(C3(c4ccc(-c5cnc6[nH]ccc6n5)cc4)CCC3)no2)cn1.Cn1cnc(-c2nc(C3(c4ccc(-c5cnc(N)nc5)cc4)CCC3)no2)c1.Nc1ncc(-c2ccc(C3(c4noc(-c5cn[nH]c5)n4)CCC3)cc2)cn1. The number of hydrogen-bond acceptors (Lipinski definition) is 36. The van der Waals surface area contributed by atoms with E-state index >= 15 is 0 Å². The van der Waals surface area contributed by atoms with Crippen LogP contribution in [0.3, 0.4) is 0 Å². The van der Waals surface area contributed by atoms with Crippen molar-refractivity contribution in [1.82, 2.24) is 150 Å². The molecule has 5 saturated carbocycles. The Balaban J connectivity index is 0.000000104. The number of nitrogens with one attached hydrogen (secondary N) is 2. The molecule has 5 fully saturated rings. The fraction of sp³-hybridized carbons (Fsp3) is 0.248.